The molecule has 1 aromatic rings. The van der Waals surface area contributed by atoms with Crippen LogP contribution >= 0.6 is 0 Å². The van der Waals surface area contributed by atoms with E-state index >= 15 is 0 Å². The third-order valence-corrected chi connectivity index (χ3v) is 4.21. The number of aliphatic hydroxyl groups is 1. The minimum absolute atomic E-state index is 0.425. The molecule has 82 valence electrons. The van der Waals surface area contributed by atoms with Gasteiger partial charge in [-0.3, -0.25) is 4.68 Å². The fourth-order valence-electron chi connectivity index (χ4n) is 3.55. The van der Waals surface area contributed by atoms with Gasteiger partial charge in [-0.25, -0.2) is 0 Å². The lowest BCUT2D eigenvalue weighted by Crippen LogP contribution is -2.37. The second-order valence-electron chi connectivity index (χ2n) is 5.38. The van der Waals surface area contributed by atoms with Gasteiger partial charge in [-0.15, -0.1) is 0 Å². The van der Waals surface area contributed by atoms with Crippen molar-refractivity contribution in [2.24, 2.45) is 18.9 Å². The summed E-state index contributed by atoms with van der Waals surface area (Å²) in [5.41, 5.74) is 0.749. The molecule has 15 heavy (non-hydrogen) atoms. The van der Waals surface area contributed by atoms with Crippen LogP contribution in [0.2, 0.25) is 0 Å². The van der Waals surface area contributed by atoms with Gasteiger partial charge >= 0.3 is 0 Å². The molecule has 3 nitrogen and oxygen atoms in total. The molecule has 0 spiro atoms. The number of aryl methyl sites for hydroxylation is 1. The number of fused-ring (bicyclic) bond motifs is 2. The second kappa shape index (κ2) is 3.08. The van der Waals surface area contributed by atoms with E-state index < -0.39 is 5.60 Å². The van der Waals surface area contributed by atoms with Crippen molar-refractivity contribution in [1.82, 2.24) is 9.78 Å². The maximum Gasteiger partial charge on any atom is 0.0719 e. The molecule has 2 aliphatic carbocycles. The summed E-state index contributed by atoms with van der Waals surface area (Å²) in [4.78, 5) is 0. The Hall–Kier alpha value is -0.830. The minimum atomic E-state index is -0.425. The monoisotopic (exact) mass is 206 g/mol. The van der Waals surface area contributed by atoms with Gasteiger partial charge in [-0.1, -0.05) is 0 Å². The highest BCUT2D eigenvalue weighted by atomic mass is 16.3. The lowest BCUT2D eigenvalue weighted by atomic mass is 9.80. The predicted octanol–water partition coefficient (Wildman–Crippen LogP) is 1.51. The van der Waals surface area contributed by atoms with E-state index in [9.17, 15) is 5.11 Å². The zero-order valence-electron chi connectivity index (χ0n) is 9.19. The summed E-state index contributed by atoms with van der Waals surface area (Å²) < 4.78 is 1.81. The molecular weight excluding hydrogens is 188 g/mol. The van der Waals surface area contributed by atoms with Crippen molar-refractivity contribution in [2.75, 3.05) is 0 Å². The first-order valence-corrected chi connectivity index (χ1v) is 5.86. The maximum atomic E-state index is 10.6. The fraction of sp³-hybridized carbons (Fsp3) is 0.750. The molecule has 1 aromatic heterocycles. The topological polar surface area (TPSA) is 38.0 Å². The smallest absolute Gasteiger partial charge is 0.0719 e. The van der Waals surface area contributed by atoms with Gasteiger partial charge in [0.1, 0.15) is 0 Å². The first-order valence-electron chi connectivity index (χ1n) is 5.86. The van der Waals surface area contributed by atoms with Crippen LogP contribution in [0.15, 0.2) is 12.4 Å². The molecule has 2 saturated carbocycles. The molecule has 0 amide bonds. The Labute approximate surface area is 90.1 Å². The second-order valence-corrected chi connectivity index (χ2v) is 5.38. The van der Waals surface area contributed by atoms with E-state index in [1.165, 1.54) is 24.8 Å². The normalized spacial score (nSPS) is 38.8. The molecule has 1 heterocycles. The Morgan fingerprint density at radius 3 is 3.00 bits per heavy atom. The van der Waals surface area contributed by atoms with E-state index in [0.717, 1.165) is 18.8 Å². The molecule has 3 atom stereocenters. The standard InChI is InChI=1S/C12H18N2O/c1-14-8-10(7-13-14)6-12(15)5-9-2-3-11(12)4-9/h7-9,11,15H,2-6H2,1H3. The van der Waals surface area contributed by atoms with Crippen molar-refractivity contribution < 1.29 is 5.11 Å². The van der Waals surface area contributed by atoms with E-state index in [0.29, 0.717) is 5.92 Å². The predicted molar refractivity (Wildman–Crippen MR) is 57.3 cm³/mol. The van der Waals surface area contributed by atoms with Crippen molar-refractivity contribution in [3.8, 4) is 0 Å². The Balaban J connectivity index is 1.77. The summed E-state index contributed by atoms with van der Waals surface area (Å²) in [5, 5.41) is 14.8. The van der Waals surface area contributed by atoms with Crippen molar-refractivity contribution >= 4 is 0 Å². The highest BCUT2D eigenvalue weighted by Gasteiger charge is 2.49. The van der Waals surface area contributed by atoms with Crippen LogP contribution in [0.5, 0.6) is 0 Å². The number of aromatic nitrogens is 2. The zero-order chi connectivity index (χ0) is 10.5. The molecule has 0 saturated heterocycles. The molecule has 3 unspecified atom stereocenters. The maximum absolute atomic E-state index is 10.6. The van der Waals surface area contributed by atoms with Gasteiger partial charge in [-0.05, 0) is 43.1 Å². The first-order chi connectivity index (χ1) is 7.16. The fourth-order valence-corrected chi connectivity index (χ4v) is 3.55. The van der Waals surface area contributed by atoms with Gasteiger partial charge in [0.05, 0.1) is 11.8 Å². The van der Waals surface area contributed by atoms with Crippen LogP contribution in [-0.4, -0.2) is 20.5 Å². The van der Waals surface area contributed by atoms with E-state index in [1.807, 2.05) is 24.1 Å². The van der Waals surface area contributed by atoms with E-state index in [2.05, 4.69) is 5.10 Å². The summed E-state index contributed by atoms with van der Waals surface area (Å²) in [5.74, 6) is 1.33. The highest BCUT2D eigenvalue weighted by Crippen LogP contribution is 2.51. The summed E-state index contributed by atoms with van der Waals surface area (Å²) in [7, 11) is 1.92. The van der Waals surface area contributed by atoms with Gasteiger partial charge in [-0.2, -0.15) is 5.10 Å². The average Bonchev–Trinajstić information content (AvgIpc) is 2.81. The summed E-state index contributed by atoms with van der Waals surface area (Å²) in [6.45, 7) is 0. The third kappa shape index (κ3) is 1.49. The van der Waals surface area contributed by atoms with Gasteiger partial charge < -0.3 is 5.11 Å². The Bertz CT molecular complexity index is 373. The molecule has 2 fully saturated rings. The number of rotatable bonds is 2. The molecule has 0 aromatic carbocycles. The SMILES string of the molecule is Cn1cc(CC2(O)CC3CCC2C3)cn1. The van der Waals surface area contributed by atoms with Crippen LogP contribution in [0.3, 0.4) is 0 Å². The largest absolute Gasteiger partial charge is 0.389 e. The molecule has 0 aliphatic heterocycles. The van der Waals surface area contributed by atoms with Crippen molar-refractivity contribution in [2.45, 2.75) is 37.7 Å². The van der Waals surface area contributed by atoms with Crippen LogP contribution in [0.4, 0.5) is 0 Å². The Morgan fingerprint density at radius 2 is 2.47 bits per heavy atom. The summed E-state index contributed by atoms with van der Waals surface area (Å²) in [6, 6.07) is 0. The summed E-state index contributed by atoms with van der Waals surface area (Å²) >= 11 is 0. The Morgan fingerprint density at radius 1 is 1.60 bits per heavy atom. The number of hydrogen-bond donors (Lipinski definition) is 1. The number of nitrogens with zero attached hydrogens (tertiary/aromatic N) is 2. The van der Waals surface area contributed by atoms with Crippen LogP contribution in [0.25, 0.3) is 0 Å². The molecule has 3 rings (SSSR count). The third-order valence-electron chi connectivity index (χ3n) is 4.21. The van der Waals surface area contributed by atoms with Crippen molar-refractivity contribution in [1.29, 1.82) is 0 Å². The lowest BCUT2D eigenvalue weighted by molar-refractivity contribution is -0.0125. The van der Waals surface area contributed by atoms with Crippen LogP contribution in [0, 0.1) is 11.8 Å². The van der Waals surface area contributed by atoms with Crippen LogP contribution in [-0.2, 0) is 13.5 Å². The molecule has 1 N–H and O–H groups in total. The van der Waals surface area contributed by atoms with Gasteiger partial charge in [0.15, 0.2) is 0 Å². The first kappa shape index (κ1) is 9.40. The van der Waals surface area contributed by atoms with Gasteiger partial charge in [0.25, 0.3) is 0 Å². The molecular formula is C12H18N2O. The Kier molecular flexibility index (Phi) is 1.93. The van der Waals surface area contributed by atoms with Crippen LogP contribution in [0.1, 0.15) is 31.2 Å². The number of hydrogen-bond acceptors (Lipinski definition) is 2. The van der Waals surface area contributed by atoms with E-state index in [1.54, 1.807) is 0 Å². The van der Waals surface area contributed by atoms with Crippen molar-refractivity contribution in [3.05, 3.63) is 18.0 Å². The summed E-state index contributed by atoms with van der Waals surface area (Å²) in [6.07, 6.45) is 9.50. The minimum Gasteiger partial charge on any atom is -0.389 e. The van der Waals surface area contributed by atoms with Crippen molar-refractivity contribution in [3.63, 3.8) is 0 Å². The van der Waals surface area contributed by atoms with Gasteiger partial charge in [0, 0.05) is 19.7 Å². The van der Waals surface area contributed by atoms with Gasteiger partial charge in [0.2, 0.25) is 0 Å². The van der Waals surface area contributed by atoms with E-state index in [4.69, 9.17) is 0 Å². The molecule has 0 radical (unpaired) electrons. The van der Waals surface area contributed by atoms with E-state index in [-0.39, 0.29) is 0 Å². The zero-order valence-corrected chi connectivity index (χ0v) is 9.19. The highest BCUT2D eigenvalue weighted by molar-refractivity contribution is 5.13. The van der Waals surface area contributed by atoms with Crippen LogP contribution < -0.4 is 0 Å². The average molecular weight is 206 g/mol. The molecule has 3 heteroatoms. The molecule has 2 aliphatic rings. The quantitative estimate of drug-likeness (QED) is 0.796. The lowest BCUT2D eigenvalue weighted by Gasteiger charge is -2.32. The molecule has 2 bridgehead atoms.